The minimum atomic E-state index is 0.244. The fourth-order valence-electron chi connectivity index (χ4n) is 2.15. The van der Waals surface area contributed by atoms with Gasteiger partial charge in [0, 0.05) is 12.1 Å². The summed E-state index contributed by atoms with van der Waals surface area (Å²) in [5.41, 5.74) is 0.244. The molecule has 17 heavy (non-hydrogen) atoms. The molecule has 0 saturated heterocycles. The lowest BCUT2D eigenvalue weighted by atomic mass is 9.83. The van der Waals surface area contributed by atoms with Crippen LogP contribution in [0.1, 0.15) is 66.2 Å². The number of hydrogen-bond acceptors (Lipinski definition) is 2. The molecular weight excluding hydrogens is 210 g/mol. The van der Waals surface area contributed by atoms with Crippen molar-refractivity contribution in [1.29, 1.82) is 0 Å². The van der Waals surface area contributed by atoms with Crippen LogP contribution < -0.4 is 5.32 Å². The molecule has 1 unspecified atom stereocenters. The van der Waals surface area contributed by atoms with Gasteiger partial charge in [-0.1, -0.05) is 19.3 Å². The van der Waals surface area contributed by atoms with Crippen LogP contribution in [0.5, 0.6) is 0 Å². The van der Waals surface area contributed by atoms with Crippen LogP contribution in [0.25, 0.3) is 0 Å². The first-order chi connectivity index (χ1) is 7.97. The standard InChI is InChI=1S/C15H31NO/c1-13(7-6-11-16-15(2,3)4)17-12-10-14-8-5-9-14/h13-14,16H,5-12H2,1-4H3. The third-order valence-electron chi connectivity index (χ3n) is 3.60. The van der Waals surface area contributed by atoms with Gasteiger partial charge >= 0.3 is 0 Å². The number of rotatable bonds is 8. The van der Waals surface area contributed by atoms with Crippen molar-refractivity contribution < 1.29 is 4.74 Å². The molecule has 0 radical (unpaired) electrons. The van der Waals surface area contributed by atoms with Crippen LogP contribution in [0, 0.1) is 5.92 Å². The molecule has 1 aliphatic carbocycles. The molecule has 1 fully saturated rings. The van der Waals surface area contributed by atoms with Crippen molar-refractivity contribution >= 4 is 0 Å². The van der Waals surface area contributed by atoms with E-state index in [4.69, 9.17) is 4.74 Å². The van der Waals surface area contributed by atoms with E-state index < -0.39 is 0 Å². The second kappa shape index (κ2) is 7.38. The summed E-state index contributed by atoms with van der Waals surface area (Å²) in [5, 5.41) is 3.51. The molecule has 0 bridgehead atoms. The van der Waals surface area contributed by atoms with Gasteiger partial charge in [-0.3, -0.25) is 0 Å². The predicted octanol–water partition coefficient (Wildman–Crippen LogP) is 3.75. The van der Waals surface area contributed by atoms with Crippen LogP contribution in [0.2, 0.25) is 0 Å². The molecule has 1 aliphatic rings. The Morgan fingerprint density at radius 2 is 2.00 bits per heavy atom. The molecule has 1 N–H and O–H groups in total. The zero-order valence-electron chi connectivity index (χ0n) is 12.2. The lowest BCUT2D eigenvalue weighted by Crippen LogP contribution is -2.36. The van der Waals surface area contributed by atoms with Gasteiger partial charge in [0.15, 0.2) is 0 Å². The van der Waals surface area contributed by atoms with Gasteiger partial charge in [-0.2, -0.15) is 0 Å². The van der Waals surface area contributed by atoms with Crippen molar-refractivity contribution in [2.75, 3.05) is 13.2 Å². The van der Waals surface area contributed by atoms with Gasteiger partial charge in [-0.05, 0) is 59.4 Å². The number of nitrogens with one attached hydrogen (secondary N) is 1. The fraction of sp³-hybridized carbons (Fsp3) is 1.00. The molecular formula is C15H31NO. The molecule has 0 spiro atoms. The molecule has 1 rings (SSSR count). The Morgan fingerprint density at radius 3 is 2.53 bits per heavy atom. The maximum Gasteiger partial charge on any atom is 0.0547 e. The summed E-state index contributed by atoms with van der Waals surface area (Å²) in [6, 6.07) is 0. The molecule has 0 aromatic carbocycles. The third kappa shape index (κ3) is 7.77. The van der Waals surface area contributed by atoms with Gasteiger partial charge in [0.25, 0.3) is 0 Å². The molecule has 1 atom stereocenters. The molecule has 0 heterocycles. The minimum absolute atomic E-state index is 0.244. The fourth-order valence-corrected chi connectivity index (χ4v) is 2.15. The quantitative estimate of drug-likeness (QED) is 0.653. The molecule has 2 heteroatoms. The highest BCUT2D eigenvalue weighted by Crippen LogP contribution is 2.29. The molecule has 0 amide bonds. The predicted molar refractivity (Wildman–Crippen MR) is 74.4 cm³/mol. The van der Waals surface area contributed by atoms with Crippen LogP contribution >= 0.6 is 0 Å². The van der Waals surface area contributed by atoms with Crippen molar-refractivity contribution in [2.45, 2.75) is 77.9 Å². The average Bonchev–Trinajstić information content (AvgIpc) is 2.15. The highest BCUT2D eigenvalue weighted by Gasteiger charge is 2.17. The smallest absolute Gasteiger partial charge is 0.0547 e. The summed E-state index contributed by atoms with van der Waals surface area (Å²) < 4.78 is 5.85. The van der Waals surface area contributed by atoms with E-state index in [1.54, 1.807) is 0 Å². The van der Waals surface area contributed by atoms with Crippen LogP contribution in [-0.4, -0.2) is 24.8 Å². The molecule has 0 aliphatic heterocycles. The van der Waals surface area contributed by atoms with E-state index in [2.05, 4.69) is 33.0 Å². The van der Waals surface area contributed by atoms with Crippen molar-refractivity contribution in [1.82, 2.24) is 5.32 Å². The summed E-state index contributed by atoms with van der Waals surface area (Å²) in [4.78, 5) is 0. The maximum absolute atomic E-state index is 5.85. The Bertz CT molecular complexity index is 194. The molecule has 2 nitrogen and oxygen atoms in total. The Hall–Kier alpha value is -0.0800. The van der Waals surface area contributed by atoms with Crippen molar-refractivity contribution in [3.05, 3.63) is 0 Å². The SMILES string of the molecule is CC(CCCNC(C)(C)C)OCCC1CCC1. The van der Waals surface area contributed by atoms with Crippen LogP contribution in [0.3, 0.4) is 0 Å². The lowest BCUT2D eigenvalue weighted by Gasteiger charge is -2.26. The van der Waals surface area contributed by atoms with Crippen LogP contribution in [-0.2, 0) is 4.74 Å². The number of hydrogen-bond donors (Lipinski definition) is 1. The maximum atomic E-state index is 5.85. The molecule has 102 valence electrons. The van der Waals surface area contributed by atoms with E-state index in [1.807, 2.05) is 0 Å². The highest BCUT2D eigenvalue weighted by molar-refractivity contribution is 4.70. The summed E-state index contributed by atoms with van der Waals surface area (Å²) >= 11 is 0. The Labute approximate surface area is 108 Å². The van der Waals surface area contributed by atoms with Crippen molar-refractivity contribution in [3.8, 4) is 0 Å². The zero-order valence-corrected chi connectivity index (χ0v) is 12.2. The second-order valence-corrected chi connectivity index (χ2v) is 6.59. The summed E-state index contributed by atoms with van der Waals surface area (Å²) in [6.45, 7) is 10.9. The average molecular weight is 241 g/mol. The molecule has 0 aromatic rings. The van der Waals surface area contributed by atoms with Crippen LogP contribution in [0.4, 0.5) is 0 Å². The third-order valence-corrected chi connectivity index (χ3v) is 3.60. The topological polar surface area (TPSA) is 21.3 Å². The first kappa shape index (κ1) is 15.0. The van der Waals surface area contributed by atoms with E-state index in [9.17, 15) is 0 Å². The van der Waals surface area contributed by atoms with E-state index >= 15 is 0 Å². The first-order valence-electron chi connectivity index (χ1n) is 7.34. The minimum Gasteiger partial charge on any atom is -0.378 e. The number of ether oxygens (including phenoxy) is 1. The summed E-state index contributed by atoms with van der Waals surface area (Å²) in [6.07, 6.45) is 8.41. The Morgan fingerprint density at radius 1 is 1.29 bits per heavy atom. The van der Waals surface area contributed by atoms with E-state index in [0.717, 1.165) is 19.1 Å². The normalized spacial score (nSPS) is 19.1. The summed E-state index contributed by atoms with van der Waals surface area (Å²) in [7, 11) is 0. The Balaban J connectivity index is 1.88. The zero-order chi connectivity index (χ0) is 12.7. The van der Waals surface area contributed by atoms with Gasteiger partial charge in [-0.15, -0.1) is 0 Å². The second-order valence-electron chi connectivity index (χ2n) is 6.59. The van der Waals surface area contributed by atoms with Crippen molar-refractivity contribution in [2.24, 2.45) is 5.92 Å². The first-order valence-corrected chi connectivity index (χ1v) is 7.34. The largest absolute Gasteiger partial charge is 0.378 e. The molecule has 0 aromatic heterocycles. The lowest BCUT2D eigenvalue weighted by molar-refractivity contribution is 0.0429. The Kier molecular flexibility index (Phi) is 6.50. The van der Waals surface area contributed by atoms with Gasteiger partial charge in [0.05, 0.1) is 6.10 Å². The van der Waals surface area contributed by atoms with Gasteiger partial charge in [0.2, 0.25) is 0 Å². The van der Waals surface area contributed by atoms with Crippen LogP contribution in [0.15, 0.2) is 0 Å². The van der Waals surface area contributed by atoms with Crippen molar-refractivity contribution in [3.63, 3.8) is 0 Å². The van der Waals surface area contributed by atoms with E-state index in [0.29, 0.717) is 6.10 Å². The van der Waals surface area contributed by atoms with E-state index in [1.165, 1.54) is 38.5 Å². The monoisotopic (exact) mass is 241 g/mol. The van der Waals surface area contributed by atoms with Gasteiger partial charge < -0.3 is 10.1 Å². The van der Waals surface area contributed by atoms with Gasteiger partial charge in [0.1, 0.15) is 0 Å². The molecule has 1 saturated carbocycles. The highest BCUT2D eigenvalue weighted by atomic mass is 16.5. The van der Waals surface area contributed by atoms with E-state index in [-0.39, 0.29) is 5.54 Å². The van der Waals surface area contributed by atoms with Gasteiger partial charge in [-0.25, -0.2) is 0 Å². The summed E-state index contributed by atoms with van der Waals surface area (Å²) in [5.74, 6) is 0.977.